The summed E-state index contributed by atoms with van der Waals surface area (Å²) in [6.45, 7) is 2.28. The van der Waals surface area contributed by atoms with Crippen LogP contribution in [0.15, 0.2) is 33.9 Å². The van der Waals surface area contributed by atoms with Gasteiger partial charge in [-0.25, -0.2) is 9.78 Å². The molecule has 0 atom stereocenters. The van der Waals surface area contributed by atoms with Crippen molar-refractivity contribution in [2.24, 2.45) is 7.05 Å². The van der Waals surface area contributed by atoms with Crippen LogP contribution in [0.5, 0.6) is 0 Å². The van der Waals surface area contributed by atoms with Crippen LogP contribution in [-0.2, 0) is 13.6 Å². The average molecular weight is 309 g/mol. The highest BCUT2D eigenvalue weighted by Gasteiger charge is 2.15. The lowest BCUT2D eigenvalue weighted by Crippen LogP contribution is -2.39. The standard InChI is InChI=1S/C16H15N5O2/c1-3-8-21-15(22)12-14(20(2)16(21)23)19-13(18-12)11-6-4-10(9-17)5-7-11/h4-7H,3,8H2,1-2H3,(H,18,19). The van der Waals surface area contributed by atoms with Gasteiger partial charge in [0.2, 0.25) is 0 Å². The highest BCUT2D eigenvalue weighted by Crippen LogP contribution is 2.18. The molecule has 2 aromatic heterocycles. The third-order valence-electron chi connectivity index (χ3n) is 3.71. The Morgan fingerprint density at radius 2 is 1.96 bits per heavy atom. The number of benzene rings is 1. The fraction of sp³-hybridized carbons (Fsp3) is 0.250. The number of fused-ring (bicyclic) bond motifs is 1. The van der Waals surface area contributed by atoms with Crippen LogP contribution < -0.4 is 11.2 Å². The first-order valence-electron chi connectivity index (χ1n) is 7.27. The summed E-state index contributed by atoms with van der Waals surface area (Å²) < 4.78 is 2.58. The van der Waals surface area contributed by atoms with E-state index in [-0.39, 0.29) is 11.2 Å². The zero-order chi connectivity index (χ0) is 16.6. The van der Waals surface area contributed by atoms with E-state index in [0.29, 0.717) is 35.5 Å². The van der Waals surface area contributed by atoms with E-state index in [1.165, 1.54) is 9.13 Å². The van der Waals surface area contributed by atoms with Crippen LogP contribution in [0.2, 0.25) is 0 Å². The van der Waals surface area contributed by atoms with E-state index in [2.05, 4.69) is 16.0 Å². The summed E-state index contributed by atoms with van der Waals surface area (Å²) in [5.41, 5.74) is 1.18. The van der Waals surface area contributed by atoms with Crippen LogP contribution in [0.3, 0.4) is 0 Å². The first-order valence-corrected chi connectivity index (χ1v) is 7.27. The number of rotatable bonds is 3. The molecule has 0 unspecified atom stereocenters. The van der Waals surface area contributed by atoms with Crippen LogP contribution >= 0.6 is 0 Å². The molecule has 3 aromatic rings. The van der Waals surface area contributed by atoms with Crippen molar-refractivity contribution in [3.63, 3.8) is 0 Å². The fourth-order valence-electron chi connectivity index (χ4n) is 2.51. The lowest BCUT2D eigenvalue weighted by Gasteiger charge is -2.05. The van der Waals surface area contributed by atoms with Gasteiger partial charge in [-0.3, -0.25) is 13.9 Å². The predicted molar refractivity (Wildman–Crippen MR) is 86.0 cm³/mol. The Morgan fingerprint density at radius 3 is 2.57 bits per heavy atom. The van der Waals surface area contributed by atoms with Crippen LogP contribution in [0.25, 0.3) is 22.6 Å². The van der Waals surface area contributed by atoms with E-state index >= 15 is 0 Å². The SMILES string of the molecule is CCCn1c(=O)c2[nH]c(-c3ccc(C#N)cc3)nc2n(C)c1=O. The Balaban J connectivity index is 2.24. The first-order chi connectivity index (χ1) is 11.1. The number of H-pyrrole nitrogens is 1. The number of nitrogens with one attached hydrogen (secondary N) is 1. The molecule has 0 saturated heterocycles. The predicted octanol–water partition coefficient (Wildman–Crippen LogP) is 1.37. The molecule has 0 aliphatic rings. The molecule has 1 N–H and O–H groups in total. The van der Waals surface area contributed by atoms with Gasteiger partial charge < -0.3 is 4.98 Å². The van der Waals surface area contributed by atoms with Crippen LogP contribution in [0, 0.1) is 11.3 Å². The monoisotopic (exact) mass is 309 g/mol. The fourth-order valence-corrected chi connectivity index (χ4v) is 2.51. The Morgan fingerprint density at radius 1 is 1.26 bits per heavy atom. The molecule has 0 fully saturated rings. The third-order valence-corrected chi connectivity index (χ3v) is 3.71. The molecule has 7 heteroatoms. The number of aromatic amines is 1. The molecule has 0 aliphatic heterocycles. The van der Waals surface area contributed by atoms with E-state index in [9.17, 15) is 9.59 Å². The Labute approximate surface area is 131 Å². The van der Waals surface area contributed by atoms with Gasteiger partial charge in [-0.2, -0.15) is 5.26 Å². The van der Waals surface area contributed by atoms with Crippen molar-refractivity contribution < 1.29 is 0 Å². The molecule has 1 aromatic carbocycles. The van der Waals surface area contributed by atoms with Gasteiger partial charge in [0.05, 0.1) is 11.6 Å². The molecule has 23 heavy (non-hydrogen) atoms. The van der Waals surface area contributed by atoms with Gasteiger partial charge in [-0.15, -0.1) is 0 Å². The Hall–Kier alpha value is -3.14. The van der Waals surface area contributed by atoms with E-state index < -0.39 is 0 Å². The zero-order valence-electron chi connectivity index (χ0n) is 12.8. The van der Waals surface area contributed by atoms with E-state index in [4.69, 9.17) is 5.26 Å². The molecule has 0 aliphatic carbocycles. The van der Waals surface area contributed by atoms with Crippen molar-refractivity contribution in [3.05, 3.63) is 50.7 Å². The second kappa shape index (κ2) is 5.57. The first kappa shape index (κ1) is 14.8. The van der Waals surface area contributed by atoms with Gasteiger partial charge in [-0.1, -0.05) is 6.92 Å². The molecule has 2 heterocycles. The number of aryl methyl sites for hydroxylation is 1. The van der Waals surface area contributed by atoms with Crippen molar-refractivity contribution in [1.29, 1.82) is 5.26 Å². The van der Waals surface area contributed by atoms with Crippen molar-refractivity contribution >= 4 is 11.2 Å². The summed E-state index contributed by atoms with van der Waals surface area (Å²) in [6.07, 6.45) is 0.692. The number of nitrogens with zero attached hydrogens (tertiary/aromatic N) is 4. The molecule has 3 rings (SSSR count). The number of imidazole rings is 1. The molecule has 0 bridgehead atoms. The molecule has 7 nitrogen and oxygen atoms in total. The van der Waals surface area contributed by atoms with E-state index in [0.717, 1.165) is 5.56 Å². The van der Waals surface area contributed by atoms with Crippen molar-refractivity contribution in [2.45, 2.75) is 19.9 Å². The molecule has 0 radical (unpaired) electrons. The minimum absolute atomic E-state index is 0.305. The number of hydrogen-bond acceptors (Lipinski definition) is 4. The highest BCUT2D eigenvalue weighted by atomic mass is 16.2. The van der Waals surface area contributed by atoms with Gasteiger partial charge in [-0.05, 0) is 30.7 Å². The second-order valence-corrected chi connectivity index (χ2v) is 5.27. The van der Waals surface area contributed by atoms with Crippen LogP contribution in [-0.4, -0.2) is 19.1 Å². The Kier molecular flexibility index (Phi) is 3.58. The minimum Gasteiger partial charge on any atom is -0.332 e. The molecular weight excluding hydrogens is 294 g/mol. The number of aromatic nitrogens is 4. The summed E-state index contributed by atoms with van der Waals surface area (Å²) in [6, 6.07) is 8.90. The molecule has 0 saturated carbocycles. The van der Waals surface area contributed by atoms with Gasteiger partial charge in [0, 0.05) is 19.2 Å². The van der Waals surface area contributed by atoms with Crippen molar-refractivity contribution in [3.8, 4) is 17.5 Å². The van der Waals surface area contributed by atoms with Crippen molar-refractivity contribution in [1.82, 2.24) is 19.1 Å². The maximum absolute atomic E-state index is 12.5. The number of nitriles is 1. The summed E-state index contributed by atoms with van der Waals surface area (Å²) in [4.78, 5) is 32.1. The van der Waals surface area contributed by atoms with Gasteiger partial charge in [0.25, 0.3) is 5.56 Å². The van der Waals surface area contributed by atoms with E-state index in [1.54, 1.807) is 31.3 Å². The minimum atomic E-state index is -0.373. The van der Waals surface area contributed by atoms with Crippen molar-refractivity contribution in [2.75, 3.05) is 0 Å². The summed E-state index contributed by atoms with van der Waals surface area (Å²) >= 11 is 0. The average Bonchev–Trinajstić information content (AvgIpc) is 3.02. The smallest absolute Gasteiger partial charge is 0.332 e. The quantitative estimate of drug-likeness (QED) is 0.790. The lowest BCUT2D eigenvalue weighted by molar-refractivity contribution is 0.593. The molecular formula is C16H15N5O2. The third kappa shape index (κ3) is 2.34. The van der Waals surface area contributed by atoms with E-state index in [1.807, 2.05) is 6.92 Å². The normalized spacial score (nSPS) is 10.8. The maximum Gasteiger partial charge on any atom is 0.332 e. The maximum atomic E-state index is 12.5. The zero-order valence-corrected chi connectivity index (χ0v) is 12.8. The number of hydrogen-bond donors (Lipinski definition) is 1. The van der Waals surface area contributed by atoms with Gasteiger partial charge in [0.1, 0.15) is 11.3 Å². The summed E-state index contributed by atoms with van der Waals surface area (Å²) in [7, 11) is 1.60. The van der Waals surface area contributed by atoms with Crippen LogP contribution in [0.1, 0.15) is 18.9 Å². The largest absolute Gasteiger partial charge is 0.332 e. The highest BCUT2D eigenvalue weighted by molar-refractivity contribution is 5.75. The lowest BCUT2D eigenvalue weighted by atomic mass is 10.1. The molecule has 0 spiro atoms. The second-order valence-electron chi connectivity index (χ2n) is 5.27. The topological polar surface area (TPSA) is 96.5 Å². The summed E-state index contributed by atoms with van der Waals surface area (Å²) in [5, 5.41) is 8.84. The Bertz CT molecular complexity index is 1030. The molecule has 116 valence electrons. The van der Waals surface area contributed by atoms with Crippen LogP contribution in [0.4, 0.5) is 0 Å². The summed E-state index contributed by atoms with van der Waals surface area (Å²) in [5.74, 6) is 0.492. The molecule has 0 amide bonds. The van der Waals surface area contributed by atoms with Gasteiger partial charge >= 0.3 is 5.69 Å². The van der Waals surface area contributed by atoms with Gasteiger partial charge in [0.15, 0.2) is 5.65 Å².